The normalized spacial score (nSPS) is 11.5. The van der Waals surface area contributed by atoms with Crippen LogP contribution in [0.4, 0.5) is 5.82 Å². The molecule has 1 heterocycles. The number of aromatic nitrogens is 1. The van der Waals surface area contributed by atoms with Crippen molar-refractivity contribution in [3.63, 3.8) is 0 Å². The van der Waals surface area contributed by atoms with Crippen LogP contribution in [0.2, 0.25) is 0 Å². The highest BCUT2D eigenvalue weighted by molar-refractivity contribution is 9.10. The molecule has 8 heteroatoms. The van der Waals surface area contributed by atoms with E-state index in [1.807, 2.05) is 0 Å². The molecule has 0 radical (unpaired) electrons. The molecule has 0 saturated carbocycles. The predicted molar refractivity (Wildman–Crippen MR) is 96.4 cm³/mol. The van der Waals surface area contributed by atoms with Gasteiger partial charge in [-0.1, -0.05) is 13.8 Å². The predicted octanol–water partition coefficient (Wildman–Crippen LogP) is 3.13. The minimum Gasteiger partial charge on any atom is -0.307 e. The zero-order valence-electron chi connectivity index (χ0n) is 13.4. The summed E-state index contributed by atoms with van der Waals surface area (Å²) in [5.74, 6) is 0.0691. The van der Waals surface area contributed by atoms with E-state index in [1.165, 1.54) is 28.6 Å². The number of halogens is 1. The van der Waals surface area contributed by atoms with Gasteiger partial charge in [-0.3, -0.25) is 4.79 Å². The van der Waals surface area contributed by atoms with Crippen LogP contribution in [0, 0.1) is 0 Å². The zero-order valence-corrected chi connectivity index (χ0v) is 15.8. The fraction of sp³-hybridized carbons (Fsp3) is 0.250. The first-order chi connectivity index (χ1) is 11.4. The number of amides is 1. The molecule has 0 aliphatic carbocycles. The van der Waals surface area contributed by atoms with Gasteiger partial charge in [0.05, 0.1) is 4.90 Å². The Morgan fingerprint density at radius 3 is 2.25 bits per heavy atom. The SMILES string of the molecule is CCN(CC)S(=O)(=O)c1ccc(C(=O)Nc2ccc(Br)cn2)cc1. The number of hydrogen-bond donors (Lipinski definition) is 1. The minimum atomic E-state index is -3.52. The van der Waals surface area contributed by atoms with Gasteiger partial charge in [-0.05, 0) is 52.3 Å². The molecule has 2 aromatic rings. The topological polar surface area (TPSA) is 79.4 Å². The lowest BCUT2D eigenvalue weighted by Crippen LogP contribution is -2.30. The van der Waals surface area contributed by atoms with Gasteiger partial charge in [-0.2, -0.15) is 4.31 Å². The first-order valence-electron chi connectivity index (χ1n) is 7.41. The Hall–Kier alpha value is -1.77. The summed E-state index contributed by atoms with van der Waals surface area (Å²) in [6, 6.07) is 9.30. The molecule has 0 bridgehead atoms. The second kappa shape index (κ2) is 7.87. The molecule has 2 rings (SSSR count). The van der Waals surface area contributed by atoms with Gasteiger partial charge in [0.1, 0.15) is 5.82 Å². The Kier molecular flexibility index (Phi) is 6.09. The molecular weight excluding hydrogens is 394 g/mol. The van der Waals surface area contributed by atoms with Crippen LogP contribution in [0.3, 0.4) is 0 Å². The number of nitrogens with zero attached hydrogens (tertiary/aromatic N) is 2. The summed E-state index contributed by atoms with van der Waals surface area (Å²) in [6.07, 6.45) is 1.58. The van der Waals surface area contributed by atoms with E-state index in [-0.39, 0.29) is 10.8 Å². The van der Waals surface area contributed by atoms with Crippen LogP contribution in [0.25, 0.3) is 0 Å². The fourth-order valence-corrected chi connectivity index (χ4v) is 3.82. The number of rotatable bonds is 6. The van der Waals surface area contributed by atoms with E-state index in [4.69, 9.17) is 0 Å². The number of anilines is 1. The van der Waals surface area contributed by atoms with E-state index in [2.05, 4.69) is 26.2 Å². The first-order valence-corrected chi connectivity index (χ1v) is 9.65. The zero-order chi connectivity index (χ0) is 17.7. The number of nitrogens with one attached hydrogen (secondary N) is 1. The standard InChI is InChI=1S/C16H18BrN3O3S/c1-3-20(4-2)24(22,23)14-8-5-12(6-9-14)16(21)19-15-10-7-13(17)11-18-15/h5-11H,3-4H2,1-2H3,(H,18,19,21). The lowest BCUT2D eigenvalue weighted by atomic mass is 10.2. The summed E-state index contributed by atoms with van der Waals surface area (Å²) < 4.78 is 27.0. The van der Waals surface area contributed by atoms with E-state index in [0.29, 0.717) is 24.5 Å². The average Bonchev–Trinajstić information content (AvgIpc) is 2.58. The van der Waals surface area contributed by atoms with Gasteiger partial charge in [-0.25, -0.2) is 13.4 Å². The van der Waals surface area contributed by atoms with Crippen molar-refractivity contribution >= 4 is 37.7 Å². The molecule has 0 fully saturated rings. The molecule has 0 unspecified atom stereocenters. The molecular formula is C16H18BrN3O3S. The number of sulfonamides is 1. The lowest BCUT2D eigenvalue weighted by Gasteiger charge is -2.18. The van der Waals surface area contributed by atoms with Gasteiger partial charge >= 0.3 is 0 Å². The van der Waals surface area contributed by atoms with Crippen molar-refractivity contribution in [2.75, 3.05) is 18.4 Å². The molecule has 1 aromatic carbocycles. The minimum absolute atomic E-state index is 0.171. The van der Waals surface area contributed by atoms with Crippen molar-refractivity contribution in [3.8, 4) is 0 Å². The third-order valence-electron chi connectivity index (χ3n) is 3.43. The number of pyridine rings is 1. The number of hydrogen-bond acceptors (Lipinski definition) is 4. The Morgan fingerprint density at radius 1 is 1.12 bits per heavy atom. The van der Waals surface area contributed by atoms with Gasteiger partial charge in [-0.15, -0.1) is 0 Å². The van der Waals surface area contributed by atoms with Crippen molar-refractivity contribution in [2.24, 2.45) is 0 Å². The fourth-order valence-electron chi connectivity index (χ4n) is 2.13. The van der Waals surface area contributed by atoms with Crippen LogP contribution in [-0.2, 0) is 10.0 Å². The number of carbonyl (C=O) groups is 1. The van der Waals surface area contributed by atoms with Crippen molar-refractivity contribution in [1.29, 1.82) is 0 Å². The highest BCUT2D eigenvalue weighted by Gasteiger charge is 2.21. The average molecular weight is 412 g/mol. The van der Waals surface area contributed by atoms with Crippen LogP contribution >= 0.6 is 15.9 Å². The van der Waals surface area contributed by atoms with Crippen molar-refractivity contribution < 1.29 is 13.2 Å². The quantitative estimate of drug-likeness (QED) is 0.791. The molecule has 0 aliphatic heterocycles. The van der Waals surface area contributed by atoms with Crippen molar-refractivity contribution in [3.05, 3.63) is 52.6 Å². The number of benzene rings is 1. The Morgan fingerprint density at radius 2 is 1.75 bits per heavy atom. The maximum Gasteiger partial charge on any atom is 0.256 e. The van der Waals surface area contributed by atoms with Crippen molar-refractivity contribution in [2.45, 2.75) is 18.7 Å². The van der Waals surface area contributed by atoms with E-state index < -0.39 is 10.0 Å². The summed E-state index contributed by atoms with van der Waals surface area (Å²) >= 11 is 3.27. The molecule has 0 atom stereocenters. The van der Waals surface area contributed by atoms with Gasteiger partial charge in [0.15, 0.2) is 0 Å². The lowest BCUT2D eigenvalue weighted by molar-refractivity contribution is 0.102. The monoisotopic (exact) mass is 411 g/mol. The molecule has 0 spiro atoms. The largest absolute Gasteiger partial charge is 0.307 e. The maximum atomic E-state index is 12.4. The van der Waals surface area contributed by atoms with Crippen LogP contribution in [-0.4, -0.2) is 36.7 Å². The van der Waals surface area contributed by atoms with Gasteiger partial charge < -0.3 is 5.32 Å². The summed E-state index contributed by atoms with van der Waals surface area (Å²) in [6.45, 7) is 4.37. The smallest absolute Gasteiger partial charge is 0.256 e. The molecule has 128 valence electrons. The van der Waals surface area contributed by atoms with Gasteiger partial charge in [0.2, 0.25) is 10.0 Å². The Balaban J connectivity index is 2.16. The molecule has 1 aromatic heterocycles. The molecule has 0 saturated heterocycles. The second-order valence-electron chi connectivity index (χ2n) is 4.93. The molecule has 1 amide bonds. The van der Waals surface area contributed by atoms with Crippen molar-refractivity contribution in [1.82, 2.24) is 9.29 Å². The maximum absolute atomic E-state index is 12.4. The van der Waals surface area contributed by atoms with Gasteiger partial charge in [0, 0.05) is 29.3 Å². The highest BCUT2D eigenvalue weighted by Crippen LogP contribution is 2.17. The molecule has 0 aliphatic rings. The van der Waals surface area contributed by atoms with Crippen LogP contribution in [0.15, 0.2) is 52.0 Å². The van der Waals surface area contributed by atoms with Gasteiger partial charge in [0.25, 0.3) is 5.91 Å². The van der Waals surface area contributed by atoms with Crippen LogP contribution in [0.1, 0.15) is 24.2 Å². The molecule has 24 heavy (non-hydrogen) atoms. The number of carbonyl (C=O) groups excluding carboxylic acids is 1. The second-order valence-corrected chi connectivity index (χ2v) is 7.78. The molecule has 6 nitrogen and oxygen atoms in total. The summed E-state index contributed by atoms with van der Waals surface area (Å²) in [5, 5.41) is 2.66. The summed E-state index contributed by atoms with van der Waals surface area (Å²) in [5.41, 5.74) is 0.359. The van der Waals surface area contributed by atoms with E-state index >= 15 is 0 Å². The third-order valence-corrected chi connectivity index (χ3v) is 5.96. The van der Waals surface area contributed by atoms with E-state index in [0.717, 1.165) is 4.47 Å². The first kappa shape index (κ1) is 18.6. The third kappa shape index (κ3) is 4.19. The molecule has 1 N–H and O–H groups in total. The Bertz CT molecular complexity index is 801. The van der Waals surface area contributed by atoms with Crippen LogP contribution in [0.5, 0.6) is 0 Å². The van der Waals surface area contributed by atoms with E-state index in [1.54, 1.807) is 32.2 Å². The Labute approximate surface area is 150 Å². The summed E-state index contributed by atoms with van der Waals surface area (Å²) in [4.78, 5) is 16.4. The van der Waals surface area contributed by atoms with Crippen LogP contribution < -0.4 is 5.32 Å². The summed E-state index contributed by atoms with van der Waals surface area (Å²) in [7, 11) is -3.52. The highest BCUT2D eigenvalue weighted by atomic mass is 79.9. The van der Waals surface area contributed by atoms with E-state index in [9.17, 15) is 13.2 Å².